The molecule has 0 saturated heterocycles. The maximum Gasteiger partial charge on any atom is 0.344 e. The van der Waals surface area contributed by atoms with Crippen LogP contribution in [0.5, 0.6) is 17.2 Å². The van der Waals surface area contributed by atoms with Gasteiger partial charge in [0.1, 0.15) is 17.2 Å². The number of allylic oxidation sites excluding steroid dienone is 1. The molecule has 0 amide bonds. The van der Waals surface area contributed by atoms with E-state index < -0.39 is 5.97 Å². The second-order valence-corrected chi connectivity index (χ2v) is 8.98. The topological polar surface area (TPSA) is 66.8 Å². The van der Waals surface area contributed by atoms with E-state index in [1.165, 1.54) is 0 Å². The Labute approximate surface area is 210 Å². The summed E-state index contributed by atoms with van der Waals surface area (Å²) in [5.41, 5.74) is 3.33. The third kappa shape index (κ3) is 4.02. The first kappa shape index (κ1) is 22.9. The van der Waals surface area contributed by atoms with Gasteiger partial charge in [-0.1, -0.05) is 12.1 Å². The molecule has 176 valence electrons. The molecule has 7 heteroatoms. The molecule has 0 atom stereocenters. The lowest BCUT2D eigenvalue weighted by atomic mass is 10.1. The molecule has 2 heterocycles. The molecule has 0 bridgehead atoms. The molecule has 6 nitrogen and oxygen atoms in total. The van der Waals surface area contributed by atoms with Gasteiger partial charge in [-0.15, -0.1) is 0 Å². The third-order valence-electron chi connectivity index (χ3n) is 6.08. The zero-order chi connectivity index (χ0) is 24.7. The highest BCUT2D eigenvalue weighted by molar-refractivity contribution is 9.10. The summed E-state index contributed by atoms with van der Waals surface area (Å²) in [6.45, 7) is 4.62. The molecule has 0 N–H and O–H groups in total. The van der Waals surface area contributed by atoms with Crippen LogP contribution in [0.1, 0.15) is 38.8 Å². The number of fused-ring (bicyclic) bond motifs is 2. The molecule has 1 aliphatic rings. The highest BCUT2D eigenvalue weighted by Gasteiger charge is 2.31. The summed E-state index contributed by atoms with van der Waals surface area (Å²) in [6, 6.07) is 16.2. The molecule has 3 aromatic carbocycles. The Balaban J connectivity index is 1.49. The maximum absolute atomic E-state index is 13.1. The van der Waals surface area contributed by atoms with Crippen molar-refractivity contribution in [1.29, 1.82) is 0 Å². The summed E-state index contributed by atoms with van der Waals surface area (Å²) in [6.07, 6.45) is 3.75. The zero-order valence-corrected chi connectivity index (χ0v) is 21.0. The number of aryl methyl sites for hydroxylation is 1. The summed E-state index contributed by atoms with van der Waals surface area (Å²) in [5.74, 6) is 0.978. The van der Waals surface area contributed by atoms with Crippen LogP contribution in [-0.2, 0) is 6.54 Å². The van der Waals surface area contributed by atoms with Gasteiger partial charge in [-0.2, -0.15) is 0 Å². The Morgan fingerprint density at radius 2 is 1.94 bits per heavy atom. The first-order valence-electron chi connectivity index (χ1n) is 11.1. The van der Waals surface area contributed by atoms with E-state index >= 15 is 0 Å². The van der Waals surface area contributed by atoms with Crippen LogP contribution in [0.2, 0.25) is 0 Å². The lowest BCUT2D eigenvalue weighted by molar-refractivity contribution is 0.0732. The maximum atomic E-state index is 13.1. The molecule has 0 saturated carbocycles. The number of nitrogens with zero attached hydrogens (tertiary/aromatic N) is 1. The number of hydrogen-bond acceptors (Lipinski definition) is 5. The third-order valence-corrected chi connectivity index (χ3v) is 6.77. The smallest absolute Gasteiger partial charge is 0.344 e. The number of carbonyl (C=O) groups excluding carboxylic acids is 2. The minimum Gasteiger partial charge on any atom is -0.497 e. The van der Waals surface area contributed by atoms with Gasteiger partial charge < -0.3 is 18.8 Å². The average molecular weight is 532 g/mol. The molecule has 0 fully saturated rings. The van der Waals surface area contributed by atoms with Crippen LogP contribution >= 0.6 is 15.9 Å². The molecular formula is C28H22BrNO5. The lowest BCUT2D eigenvalue weighted by Gasteiger charge is -2.10. The van der Waals surface area contributed by atoms with Crippen LogP contribution in [-0.4, -0.2) is 23.4 Å². The average Bonchev–Trinajstić information content (AvgIpc) is 3.38. The molecule has 0 radical (unpaired) electrons. The van der Waals surface area contributed by atoms with E-state index in [-0.39, 0.29) is 11.5 Å². The minimum atomic E-state index is -0.498. The Hall–Kier alpha value is -3.84. The van der Waals surface area contributed by atoms with Crippen LogP contribution in [0.3, 0.4) is 0 Å². The van der Waals surface area contributed by atoms with Crippen molar-refractivity contribution in [2.45, 2.75) is 20.4 Å². The van der Waals surface area contributed by atoms with Gasteiger partial charge in [0.25, 0.3) is 0 Å². The van der Waals surface area contributed by atoms with Gasteiger partial charge in [0.2, 0.25) is 5.78 Å². The first-order valence-corrected chi connectivity index (χ1v) is 11.9. The van der Waals surface area contributed by atoms with Crippen LogP contribution in [0.25, 0.3) is 17.0 Å². The zero-order valence-electron chi connectivity index (χ0n) is 19.4. The number of aromatic nitrogens is 1. The van der Waals surface area contributed by atoms with Gasteiger partial charge in [-0.3, -0.25) is 4.79 Å². The number of ether oxygens (including phenoxy) is 3. The number of esters is 1. The van der Waals surface area contributed by atoms with Gasteiger partial charge in [0, 0.05) is 39.2 Å². The van der Waals surface area contributed by atoms with E-state index in [1.807, 2.05) is 30.5 Å². The van der Waals surface area contributed by atoms with Crippen molar-refractivity contribution < 1.29 is 23.8 Å². The number of benzene rings is 3. The van der Waals surface area contributed by atoms with Crippen LogP contribution in [0.15, 0.2) is 71.0 Å². The number of ketones is 1. The van der Waals surface area contributed by atoms with E-state index in [0.717, 1.165) is 28.8 Å². The highest BCUT2D eigenvalue weighted by Crippen LogP contribution is 2.40. The predicted octanol–water partition coefficient (Wildman–Crippen LogP) is 6.58. The molecule has 4 aromatic rings. The quantitative estimate of drug-likeness (QED) is 0.165. The lowest BCUT2D eigenvalue weighted by Crippen LogP contribution is -2.10. The summed E-state index contributed by atoms with van der Waals surface area (Å²) in [7, 11) is 1.63. The van der Waals surface area contributed by atoms with E-state index in [1.54, 1.807) is 50.4 Å². The Morgan fingerprint density at radius 3 is 2.69 bits per heavy atom. The van der Waals surface area contributed by atoms with Crippen molar-refractivity contribution in [3.63, 3.8) is 0 Å². The van der Waals surface area contributed by atoms with Crippen molar-refractivity contribution in [3.05, 3.63) is 93.3 Å². The van der Waals surface area contributed by atoms with Crippen molar-refractivity contribution in [3.8, 4) is 17.2 Å². The molecule has 1 aliphatic heterocycles. The second kappa shape index (κ2) is 9.07. The number of Topliss-reactive ketones (excluding diaryl/α,β-unsaturated/α-hetero) is 1. The number of halogens is 1. The van der Waals surface area contributed by atoms with E-state index in [0.29, 0.717) is 32.7 Å². The van der Waals surface area contributed by atoms with Crippen molar-refractivity contribution in [2.75, 3.05) is 7.11 Å². The number of carbonyl (C=O) groups is 2. The minimum absolute atomic E-state index is 0.216. The van der Waals surface area contributed by atoms with Crippen LogP contribution in [0, 0.1) is 6.92 Å². The van der Waals surface area contributed by atoms with Gasteiger partial charge in [-0.05, 0) is 78.3 Å². The molecular weight excluding hydrogens is 510 g/mol. The Bertz CT molecular complexity index is 1530. The molecule has 5 rings (SSSR count). The monoisotopic (exact) mass is 531 g/mol. The summed E-state index contributed by atoms with van der Waals surface area (Å²) in [5, 5.41) is 0.964. The van der Waals surface area contributed by atoms with Crippen molar-refractivity contribution in [1.82, 2.24) is 4.57 Å². The second-order valence-electron chi connectivity index (χ2n) is 8.13. The van der Waals surface area contributed by atoms with Gasteiger partial charge in [-0.25, -0.2) is 4.79 Å². The van der Waals surface area contributed by atoms with E-state index in [4.69, 9.17) is 14.2 Å². The Morgan fingerprint density at radius 1 is 1.14 bits per heavy atom. The number of rotatable bonds is 5. The summed E-state index contributed by atoms with van der Waals surface area (Å²) >= 11 is 3.37. The molecule has 35 heavy (non-hydrogen) atoms. The number of hydrogen-bond donors (Lipinski definition) is 0. The van der Waals surface area contributed by atoms with E-state index in [2.05, 4.69) is 27.4 Å². The van der Waals surface area contributed by atoms with Crippen molar-refractivity contribution >= 4 is 44.7 Å². The fourth-order valence-electron chi connectivity index (χ4n) is 4.21. The summed E-state index contributed by atoms with van der Waals surface area (Å²) in [4.78, 5) is 25.8. The van der Waals surface area contributed by atoms with Gasteiger partial charge in [0.05, 0.1) is 18.2 Å². The van der Waals surface area contributed by atoms with E-state index in [9.17, 15) is 9.59 Å². The van der Waals surface area contributed by atoms with Crippen LogP contribution in [0.4, 0.5) is 0 Å². The van der Waals surface area contributed by atoms with Crippen molar-refractivity contribution in [2.24, 2.45) is 0 Å². The predicted molar refractivity (Wildman–Crippen MR) is 137 cm³/mol. The van der Waals surface area contributed by atoms with Crippen LogP contribution < -0.4 is 14.2 Å². The summed E-state index contributed by atoms with van der Waals surface area (Å²) < 4.78 is 19.8. The van der Waals surface area contributed by atoms with Gasteiger partial charge in [0.15, 0.2) is 5.76 Å². The fraction of sp³-hybridized carbons (Fsp3) is 0.143. The standard InChI is InChI=1S/C28H22BrNO5/c1-4-30-15-17(21-14-18(33-3)9-11-23(21)30)13-25-26(31)20-10-12-24(16(2)27(20)34-25)35-28(32)19-7-5-6-8-22(19)29/h5-15H,4H2,1-3H3/b25-13-. The molecule has 1 aromatic heterocycles. The number of methoxy groups -OCH3 is 1. The molecule has 0 aliphatic carbocycles. The van der Waals surface area contributed by atoms with Gasteiger partial charge >= 0.3 is 5.97 Å². The normalized spacial score (nSPS) is 13.7. The first-order chi connectivity index (χ1) is 16.9. The molecule has 0 spiro atoms. The fourth-order valence-corrected chi connectivity index (χ4v) is 4.66. The molecule has 0 unspecified atom stereocenters. The Kier molecular flexibility index (Phi) is 5.94. The SMILES string of the molecule is CCn1cc(/C=C2\Oc3c(ccc(OC(=O)c4ccccc4Br)c3C)C2=O)c2cc(OC)ccc21. The highest BCUT2D eigenvalue weighted by atomic mass is 79.9. The largest absolute Gasteiger partial charge is 0.497 e.